The van der Waals surface area contributed by atoms with Crippen LogP contribution in [0.3, 0.4) is 0 Å². The minimum Gasteiger partial charge on any atom is -0.394 e. The molecule has 1 saturated carbocycles. The molecule has 4 heterocycles. The molecule has 1 aromatic carbocycles. The minimum absolute atomic E-state index is 0.0396. The van der Waals surface area contributed by atoms with Gasteiger partial charge in [-0.3, -0.25) is 4.79 Å². The van der Waals surface area contributed by atoms with Crippen LogP contribution in [0.4, 0.5) is 11.6 Å². The third-order valence-corrected chi connectivity index (χ3v) is 8.06. The molecule has 1 aliphatic carbocycles. The number of carbonyl (C=O) groups is 1. The van der Waals surface area contributed by atoms with E-state index in [1.54, 1.807) is 17.7 Å². The molecule has 0 spiro atoms. The summed E-state index contributed by atoms with van der Waals surface area (Å²) in [5, 5.41) is 13.4. The predicted octanol–water partition coefficient (Wildman–Crippen LogP) is 3.96. The molecule has 4 aromatic rings. The summed E-state index contributed by atoms with van der Waals surface area (Å²) in [6, 6.07) is 15.8. The lowest BCUT2D eigenvalue weighted by atomic mass is 10.1. The van der Waals surface area contributed by atoms with Gasteiger partial charge in [0.1, 0.15) is 18.0 Å². The average molecular weight is 501 g/mol. The minimum atomic E-state index is -0.254. The second-order valence-corrected chi connectivity index (χ2v) is 10.4. The molecule has 2 N–H and O–H groups in total. The molecule has 6 rings (SSSR count). The monoisotopic (exact) mass is 500 g/mol. The van der Waals surface area contributed by atoms with Gasteiger partial charge < -0.3 is 20.2 Å². The number of piperazine rings is 1. The van der Waals surface area contributed by atoms with Crippen molar-refractivity contribution in [1.82, 2.24) is 19.9 Å². The van der Waals surface area contributed by atoms with Crippen molar-refractivity contribution < 1.29 is 9.90 Å². The van der Waals surface area contributed by atoms with Crippen LogP contribution in [0.25, 0.3) is 20.7 Å². The topological polar surface area (TPSA) is 94.5 Å². The van der Waals surface area contributed by atoms with Crippen LogP contribution >= 0.6 is 11.3 Å². The number of benzene rings is 1. The standard InChI is InChI=1S/C27H28N6O2S/c34-16-22(18-4-2-1-3-5-18)31-26-25-21(29-17-30-26)14-23(36-25)20-8-9-24(28-15-20)32-10-12-33(13-11-32)27(35)19-6-7-19/h1-5,8-9,14-15,17,19,22,34H,6-7,10-13,16H2,(H,29,30,31)/t22-/m1/s1. The molecule has 0 radical (unpaired) electrons. The van der Waals surface area contributed by atoms with Crippen LogP contribution < -0.4 is 10.2 Å². The van der Waals surface area contributed by atoms with Crippen molar-refractivity contribution >= 4 is 39.1 Å². The van der Waals surface area contributed by atoms with Crippen LogP contribution in [0.15, 0.2) is 61.1 Å². The lowest BCUT2D eigenvalue weighted by Crippen LogP contribution is -2.49. The van der Waals surface area contributed by atoms with Crippen molar-refractivity contribution in [2.45, 2.75) is 18.9 Å². The smallest absolute Gasteiger partial charge is 0.225 e. The normalized spacial score (nSPS) is 16.8. The van der Waals surface area contributed by atoms with Gasteiger partial charge in [-0.15, -0.1) is 11.3 Å². The number of amides is 1. The molecule has 3 aromatic heterocycles. The predicted molar refractivity (Wildman–Crippen MR) is 142 cm³/mol. The van der Waals surface area contributed by atoms with Gasteiger partial charge in [-0.2, -0.15) is 0 Å². The molecule has 1 saturated heterocycles. The maximum absolute atomic E-state index is 12.3. The summed E-state index contributed by atoms with van der Waals surface area (Å²) in [5.74, 6) is 2.26. The van der Waals surface area contributed by atoms with Crippen LogP contribution in [0.2, 0.25) is 0 Å². The Morgan fingerprint density at radius 3 is 2.56 bits per heavy atom. The summed E-state index contributed by atoms with van der Waals surface area (Å²) in [6.45, 7) is 3.11. The molecule has 1 amide bonds. The molecule has 184 valence electrons. The molecule has 36 heavy (non-hydrogen) atoms. The maximum atomic E-state index is 12.3. The highest BCUT2D eigenvalue weighted by Gasteiger charge is 2.34. The van der Waals surface area contributed by atoms with Crippen molar-refractivity contribution in [2.24, 2.45) is 5.92 Å². The first-order valence-corrected chi connectivity index (χ1v) is 13.2. The first-order valence-electron chi connectivity index (χ1n) is 12.4. The molecule has 0 bridgehead atoms. The molecule has 2 fully saturated rings. The summed E-state index contributed by atoms with van der Waals surface area (Å²) in [4.78, 5) is 31.3. The Morgan fingerprint density at radius 1 is 1.06 bits per heavy atom. The number of fused-ring (bicyclic) bond motifs is 1. The lowest BCUT2D eigenvalue weighted by molar-refractivity contribution is -0.132. The number of aliphatic hydroxyl groups is 1. The summed E-state index contributed by atoms with van der Waals surface area (Å²) in [5.41, 5.74) is 2.89. The van der Waals surface area contributed by atoms with E-state index in [0.29, 0.717) is 11.7 Å². The number of thiophene rings is 1. The van der Waals surface area contributed by atoms with Crippen molar-refractivity contribution in [3.63, 3.8) is 0 Å². The number of anilines is 2. The Bertz CT molecular complexity index is 1350. The van der Waals surface area contributed by atoms with Gasteiger partial charge in [-0.05, 0) is 36.6 Å². The van der Waals surface area contributed by atoms with E-state index in [9.17, 15) is 9.90 Å². The Labute approximate surface area is 213 Å². The molecular weight excluding hydrogens is 472 g/mol. The number of aliphatic hydroxyl groups excluding tert-OH is 1. The van der Waals surface area contributed by atoms with Crippen molar-refractivity contribution in [2.75, 3.05) is 43.0 Å². The molecule has 9 heteroatoms. The lowest BCUT2D eigenvalue weighted by Gasteiger charge is -2.35. The van der Waals surface area contributed by atoms with Gasteiger partial charge in [0.15, 0.2) is 0 Å². The average Bonchev–Trinajstić information content (AvgIpc) is 3.70. The van der Waals surface area contributed by atoms with Crippen LogP contribution in [-0.4, -0.2) is 63.7 Å². The highest BCUT2D eigenvalue weighted by atomic mass is 32.1. The first kappa shape index (κ1) is 22.9. The number of rotatable bonds is 7. The summed E-state index contributed by atoms with van der Waals surface area (Å²) < 4.78 is 0.947. The number of carbonyl (C=O) groups excluding carboxylic acids is 1. The zero-order valence-corrected chi connectivity index (χ0v) is 20.7. The van der Waals surface area contributed by atoms with Gasteiger partial charge in [0.25, 0.3) is 0 Å². The van der Waals surface area contributed by atoms with Gasteiger partial charge >= 0.3 is 0 Å². The highest BCUT2D eigenvalue weighted by molar-refractivity contribution is 7.22. The van der Waals surface area contributed by atoms with Gasteiger partial charge in [-0.25, -0.2) is 15.0 Å². The Hall–Kier alpha value is -3.56. The van der Waals surface area contributed by atoms with Crippen LogP contribution in [0.5, 0.6) is 0 Å². The number of nitrogens with one attached hydrogen (secondary N) is 1. The van der Waals surface area contributed by atoms with E-state index in [4.69, 9.17) is 4.98 Å². The maximum Gasteiger partial charge on any atom is 0.225 e. The SMILES string of the molecule is O=C(C1CC1)N1CCN(c2ccc(-c3cc4ncnc(N[C@H](CO)c5ccccc5)c4s3)cn2)CC1. The van der Waals surface area contributed by atoms with E-state index in [2.05, 4.69) is 38.4 Å². The van der Waals surface area contributed by atoms with E-state index in [0.717, 1.165) is 71.1 Å². The van der Waals surface area contributed by atoms with Gasteiger partial charge in [-0.1, -0.05) is 30.3 Å². The van der Waals surface area contributed by atoms with Gasteiger partial charge in [0.05, 0.1) is 22.9 Å². The molecule has 0 unspecified atom stereocenters. The molecule has 1 aliphatic heterocycles. The Morgan fingerprint density at radius 2 is 1.86 bits per heavy atom. The summed E-state index contributed by atoms with van der Waals surface area (Å²) >= 11 is 1.61. The Kier molecular flexibility index (Phi) is 6.25. The first-order chi connectivity index (χ1) is 17.7. The number of pyridine rings is 1. The number of hydrogen-bond donors (Lipinski definition) is 2. The zero-order valence-electron chi connectivity index (χ0n) is 19.9. The van der Waals surface area contributed by atoms with E-state index in [1.165, 1.54) is 0 Å². The second kappa shape index (κ2) is 9.83. The van der Waals surface area contributed by atoms with Crippen LogP contribution in [0, 0.1) is 5.92 Å². The zero-order chi connectivity index (χ0) is 24.5. The molecule has 2 aliphatic rings. The summed E-state index contributed by atoms with van der Waals surface area (Å²) in [6.07, 6.45) is 5.56. The Balaban J connectivity index is 1.17. The molecular formula is C27H28N6O2S. The second-order valence-electron chi connectivity index (χ2n) is 9.33. The quantitative estimate of drug-likeness (QED) is 0.397. The van der Waals surface area contributed by atoms with Crippen LogP contribution in [-0.2, 0) is 4.79 Å². The fourth-order valence-electron chi connectivity index (χ4n) is 4.65. The van der Waals surface area contributed by atoms with E-state index < -0.39 is 0 Å². The molecule has 8 nitrogen and oxygen atoms in total. The van der Waals surface area contributed by atoms with Crippen molar-refractivity contribution in [3.8, 4) is 10.4 Å². The van der Waals surface area contributed by atoms with Crippen molar-refractivity contribution in [1.29, 1.82) is 0 Å². The third-order valence-electron chi connectivity index (χ3n) is 6.88. The summed E-state index contributed by atoms with van der Waals surface area (Å²) in [7, 11) is 0. The van der Waals surface area contributed by atoms with E-state index in [-0.39, 0.29) is 18.6 Å². The highest BCUT2D eigenvalue weighted by Crippen LogP contribution is 2.37. The number of hydrogen-bond acceptors (Lipinski definition) is 8. The fourth-order valence-corrected chi connectivity index (χ4v) is 5.70. The largest absolute Gasteiger partial charge is 0.394 e. The number of aromatic nitrogens is 3. The fraction of sp³-hybridized carbons (Fsp3) is 0.333. The van der Waals surface area contributed by atoms with Crippen molar-refractivity contribution in [3.05, 3.63) is 66.6 Å². The molecule has 1 atom stereocenters. The van der Waals surface area contributed by atoms with Crippen LogP contribution in [0.1, 0.15) is 24.4 Å². The van der Waals surface area contributed by atoms with Gasteiger partial charge in [0, 0.05) is 48.7 Å². The van der Waals surface area contributed by atoms with E-state index in [1.807, 2.05) is 41.4 Å². The van der Waals surface area contributed by atoms with Gasteiger partial charge in [0.2, 0.25) is 5.91 Å². The third kappa shape index (κ3) is 4.64. The van der Waals surface area contributed by atoms with E-state index >= 15 is 0 Å². The number of nitrogens with zero attached hydrogens (tertiary/aromatic N) is 5.